The van der Waals surface area contributed by atoms with Crippen LogP contribution in [0.5, 0.6) is 0 Å². The molecule has 1 aromatic heterocycles. The quantitative estimate of drug-likeness (QED) is 0.682. The van der Waals surface area contributed by atoms with Crippen molar-refractivity contribution in [2.75, 3.05) is 0 Å². The first-order valence-electron chi connectivity index (χ1n) is 4.78. The van der Waals surface area contributed by atoms with Crippen LogP contribution in [-0.4, -0.2) is 4.57 Å². The monoisotopic (exact) mass is 179 g/mol. The SMILES string of the molecule is CCc1c(C)ccn(C(C)C)c1=O. The largest absolute Gasteiger partial charge is 0.313 e. The third-order valence-electron chi connectivity index (χ3n) is 2.36. The second kappa shape index (κ2) is 3.77. The van der Waals surface area contributed by atoms with Crippen molar-refractivity contribution in [3.63, 3.8) is 0 Å². The molecule has 72 valence electrons. The van der Waals surface area contributed by atoms with Gasteiger partial charge in [0.15, 0.2) is 0 Å². The van der Waals surface area contributed by atoms with Gasteiger partial charge in [-0.3, -0.25) is 4.79 Å². The van der Waals surface area contributed by atoms with Crippen LogP contribution in [0.15, 0.2) is 17.1 Å². The lowest BCUT2D eigenvalue weighted by molar-refractivity contribution is 0.572. The van der Waals surface area contributed by atoms with Gasteiger partial charge < -0.3 is 4.57 Å². The van der Waals surface area contributed by atoms with Crippen molar-refractivity contribution >= 4 is 0 Å². The van der Waals surface area contributed by atoms with E-state index in [9.17, 15) is 4.79 Å². The lowest BCUT2D eigenvalue weighted by Crippen LogP contribution is -2.25. The van der Waals surface area contributed by atoms with E-state index in [4.69, 9.17) is 0 Å². The summed E-state index contributed by atoms with van der Waals surface area (Å²) in [6, 6.07) is 2.26. The highest BCUT2D eigenvalue weighted by atomic mass is 16.1. The van der Waals surface area contributed by atoms with E-state index in [-0.39, 0.29) is 11.6 Å². The van der Waals surface area contributed by atoms with Gasteiger partial charge in [0.1, 0.15) is 0 Å². The van der Waals surface area contributed by atoms with Crippen molar-refractivity contribution in [3.05, 3.63) is 33.7 Å². The minimum atomic E-state index is 0.164. The van der Waals surface area contributed by atoms with Gasteiger partial charge in [-0.25, -0.2) is 0 Å². The predicted octanol–water partition coefficient (Wildman–Crippen LogP) is 2.30. The van der Waals surface area contributed by atoms with Crippen LogP contribution in [-0.2, 0) is 6.42 Å². The van der Waals surface area contributed by atoms with Crippen LogP contribution in [0.25, 0.3) is 0 Å². The Morgan fingerprint density at radius 3 is 2.54 bits per heavy atom. The molecule has 0 saturated heterocycles. The maximum absolute atomic E-state index is 11.8. The fourth-order valence-electron chi connectivity index (χ4n) is 1.52. The minimum absolute atomic E-state index is 0.164. The van der Waals surface area contributed by atoms with E-state index in [1.54, 1.807) is 4.57 Å². The van der Waals surface area contributed by atoms with Gasteiger partial charge in [-0.2, -0.15) is 0 Å². The zero-order chi connectivity index (χ0) is 10.0. The molecule has 0 unspecified atom stereocenters. The molecular formula is C11H17NO. The van der Waals surface area contributed by atoms with Crippen LogP contribution in [0.3, 0.4) is 0 Å². The first-order chi connectivity index (χ1) is 6.07. The second-order valence-electron chi connectivity index (χ2n) is 3.64. The number of hydrogen-bond acceptors (Lipinski definition) is 1. The van der Waals surface area contributed by atoms with Gasteiger partial charge in [0.05, 0.1) is 0 Å². The molecule has 0 atom stereocenters. The molecule has 0 amide bonds. The van der Waals surface area contributed by atoms with Crippen molar-refractivity contribution in [3.8, 4) is 0 Å². The Morgan fingerprint density at radius 1 is 1.46 bits per heavy atom. The summed E-state index contributed by atoms with van der Waals surface area (Å²) in [6.45, 7) is 8.06. The molecule has 0 N–H and O–H groups in total. The van der Waals surface area contributed by atoms with Gasteiger partial charge >= 0.3 is 0 Å². The molecule has 1 aromatic rings. The highest BCUT2D eigenvalue weighted by molar-refractivity contribution is 5.22. The maximum atomic E-state index is 11.8. The summed E-state index contributed by atoms with van der Waals surface area (Å²) < 4.78 is 1.78. The van der Waals surface area contributed by atoms with E-state index in [0.29, 0.717) is 0 Å². The number of rotatable bonds is 2. The standard InChI is InChI=1S/C11H17NO/c1-5-10-9(4)6-7-12(8(2)3)11(10)13/h6-8H,5H2,1-4H3. The number of nitrogens with zero attached hydrogens (tertiary/aromatic N) is 1. The Bertz CT molecular complexity index is 350. The summed E-state index contributed by atoms with van der Waals surface area (Å²) in [7, 11) is 0. The smallest absolute Gasteiger partial charge is 0.254 e. The van der Waals surface area contributed by atoms with E-state index >= 15 is 0 Å². The third kappa shape index (κ3) is 1.82. The number of aryl methyl sites for hydroxylation is 1. The Hall–Kier alpha value is -1.05. The maximum Gasteiger partial charge on any atom is 0.254 e. The molecule has 0 radical (unpaired) electrons. The van der Waals surface area contributed by atoms with Crippen molar-refractivity contribution in [2.45, 2.75) is 40.2 Å². The molecule has 2 heteroatoms. The second-order valence-corrected chi connectivity index (χ2v) is 3.64. The molecule has 1 rings (SSSR count). The van der Waals surface area contributed by atoms with Crippen molar-refractivity contribution in [1.82, 2.24) is 4.57 Å². The summed E-state index contributed by atoms with van der Waals surface area (Å²) in [6.07, 6.45) is 2.69. The first kappa shape index (κ1) is 10.0. The Morgan fingerprint density at radius 2 is 2.08 bits per heavy atom. The molecule has 0 aromatic carbocycles. The molecule has 0 bridgehead atoms. The Balaban J connectivity index is 3.37. The van der Waals surface area contributed by atoms with Crippen molar-refractivity contribution in [2.24, 2.45) is 0 Å². The van der Waals surface area contributed by atoms with Crippen LogP contribution in [0.4, 0.5) is 0 Å². The van der Waals surface area contributed by atoms with E-state index < -0.39 is 0 Å². The molecule has 2 nitrogen and oxygen atoms in total. The lowest BCUT2D eigenvalue weighted by atomic mass is 10.1. The van der Waals surface area contributed by atoms with Crippen molar-refractivity contribution in [1.29, 1.82) is 0 Å². The van der Waals surface area contributed by atoms with E-state index in [1.165, 1.54) is 0 Å². The lowest BCUT2D eigenvalue weighted by Gasteiger charge is -2.12. The van der Waals surface area contributed by atoms with Crippen LogP contribution >= 0.6 is 0 Å². The highest BCUT2D eigenvalue weighted by Crippen LogP contribution is 2.06. The van der Waals surface area contributed by atoms with Crippen molar-refractivity contribution < 1.29 is 0 Å². The molecular weight excluding hydrogens is 162 g/mol. The van der Waals surface area contributed by atoms with Gasteiger partial charge in [-0.1, -0.05) is 6.92 Å². The van der Waals surface area contributed by atoms with Crippen LogP contribution in [0, 0.1) is 6.92 Å². The number of aromatic nitrogens is 1. The number of pyridine rings is 1. The Labute approximate surface area is 79.2 Å². The predicted molar refractivity (Wildman–Crippen MR) is 55.2 cm³/mol. The normalized spacial score (nSPS) is 10.8. The summed E-state index contributed by atoms with van der Waals surface area (Å²) in [5.74, 6) is 0. The van der Waals surface area contributed by atoms with Crippen LogP contribution < -0.4 is 5.56 Å². The zero-order valence-electron chi connectivity index (χ0n) is 8.79. The Kier molecular flexibility index (Phi) is 2.91. The van der Waals surface area contributed by atoms with E-state index in [0.717, 1.165) is 17.5 Å². The van der Waals surface area contributed by atoms with Crippen LogP contribution in [0.1, 0.15) is 37.9 Å². The average Bonchev–Trinajstić information content (AvgIpc) is 2.04. The first-order valence-corrected chi connectivity index (χ1v) is 4.78. The van der Waals surface area contributed by atoms with E-state index in [2.05, 4.69) is 0 Å². The molecule has 0 saturated carbocycles. The highest BCUT2D eigenvalue weighted by Gasteiger charge is 2.06. The van der Waals surface area contributed by atoms with Gasteiger partial charge in [0.2, 0.25) is 0 Å². The third-order valence-corrected chi connectivity index (χ3v) is 2.36. The van der Waals surface area contributed by atoms with Gasteiger partial charge in [-0.15, -0.1) is 0 Å². The molecule has 0 fully saturated rings. The molecule has 0 aliphatic carbocycles. The van der Waals surface area contributed by atoms with Gasteiger partial charge in [-0.05, 0) is 38.8 Å². The van der Waals surface area contributed by atoms with E-state index in [1.807, 2.05) is 40.0 Å². The summed E-state index contributed by atoms with van der Waals surface area (Å²) in [5, 5.41) is 0. The summed E-state index contributed by atoms with van der Waals surface area (Å²) in [4.78, 5) is 11.8. The molecule has 0 aliphatic heterocycles. The summed E-state index contributed by atoms with van der Waals surface area (Å²) >= 11 is 0. The molecule has 0 spiro atoms. The zero-order valence-corrected chi connectivity index (χ0v) is 8.79. The molecule has 1 heterocycles. The fraction of sp³-hybridized carbons (Fsp3) is 0.545. The minimum Gasteiger partial charge on any atom is -0.313 e. The average molecular weight is 179 g/mol. The van der Waals surface area contributed by atoms with Gasteiger partial charge in [0, 0.05) is 17.8 Å². The van der Waals surface area contributed by atoms with Crippen LogP contribution in [0.2, 0.25) is 0 Å². The molecule has 0 aliphatic rings. The topological polar surface area (TPSA) is 22.0 Å². The van der Waals surface area contributed by atoms with Gasteiger partial charge in [0.25, 0.3) is 5.56 Å². The molecule has 13 heavy (non-hydrogen) atoms. The summed E-state index contributed by atoms with van der Waals surface area (Å²) in [5.41, 5.74) is 2.21. The number of hydrogen-bond donors (Lipinski definition) is 0. The fourth-order valence-corrected chi connectivity index (χ4v) is 1.52.